The molecule has 1 aliphatic heterocycles. The van der Waals surface area contributed by atoms with Gasteiger partial charge in [0.2, 0.25) is 0 Å². The summed E-state index contributed by atoms with van der Waals surface area (Å²) in [4.78, 5) is 39.5. The third-order valence-electron chi connectivity index (χ3n) is 4.52. The van der Waals surface area contributed by atoms with Crippen LogP contribution in [0.2, 0.25) is 0 Å². The first-order valence-corrected chi connectivity index (χ1v) is 8.91. The predicted octanol–water partition coefficient (Wildman–Crippen LogP) is 2.70. The molecule has 1 aliphatic rings. The molecule has 0 saturated carbocycles. The molecule has 1 heterocycles. The van der Waals surface area contributed by atoms with Gasteiger partial charge >= 0.3 is 11.9 Å². The Hall–Kier alpha value is -3.48. The summed E-state index contributed by atoms with van der Waals surface area (Å²) in [7, 11) is 0. The van der Waals surface area contributed by atoms with E-state index < -0.39 is 23.2 Å². The Morgan fingerprint density at radius 1 is 1.14 bits per heavy atom. The Labute approximate surface area is 163 Å². The Balaban J connectivity index is 2.09. The first-order chi connectivity index (χ1) is 13.4. The summed E-state index contributed by atoms with van der Waals surface area (Å²) in [5.74, 6) is -2.39. The van der Waals surface area contributed by atoms with Crippen LogP contribution in [0.1, 0.15) is 19.4 Å². The van der Waals surface area contributed by atoms with E-state index in [-0.39, 0.29) is 12.3 Å². The highest BCUT2D eigenvalue weighted by molar-refractivity contribution is 6.75. The average molecular weight is 379 g/mol. The van der Waals surface area contributed by atoms with E-state index in [2.05, 4.69) is 10.5 Å². The number of hydrazone groups is 1. The number of nitrogens with zero attached hydrogens (tertiary/aromatic N) is 2. The molecule has 7 nitrogen and oxygen atoms in total. The molecule has 1 fully saturated rings. The second-order valence-corrected chi connectivity index (χ2v) is 6.54. The van der Waals surface area contributed by atoms with Gasteiger partial charge in [0.15, 0.2) is 11.3 Å². The first-order valence-electron chi connectivity index (χ1n) is 8.91. The summed E-state index contributed by atoms with van der Waals surface area (Å²) in [6.07, 6.45) is 0. The lowest BCUT2D eigenvalue weighted by molar-refractivity contribution is -0.147. The van der Waals surface area contributed by atoms with E-state index in [4.69, 9.17) is 4.74 Å². The molecule has 0 bridgehead atoms. The molecular formula is C21H21N3O4. The number of Topliss-reactive ketones (excluding diaryl/α,β-unsaturated/α-hetero) is 1. The van der Waals surface area contributed by atoms with E-state index in [0.29, 0.717) is 11.4 Å². The number of hydrogen-bond acceptors (Lipinski definition) is 6. The Morgan fingerprint density at radius 3 is 2.50 bits per heavy atom. The van der Waals surface area contributed by atoms with Gasteiger partial charge in [0.25, 0.3) is 5.78 Å². The summed E-state index contributed by atoms with van der Waals surface area (Å²) >= 11 is 0. The van der Waals surface area contributed by atoms with Crippen molar-refractivity contribution in [3.63, 3.8) is 0 Å². The quantitative estimate of drug-likeness (QED) is 0.490. The van der Waals surface area contributed by atoms with Gasteiger partial charge in [0.05, 0.1) is 12.3 Å². The van der Waals surface area contributed by atoms with Gasteiger partial charge in [-0.25, -0.2) is 4.79 Å². The molecule has 1 unspecified atom stereocenters. The zero-order valence-corrected chi connectivity index (χ0v) is 15.9. The fraction of sp³-hybridized carbons (Fsp3) is 0.238. The summed E-state index contributed by atoms with van der Waals surface area (Å²) in [5.41, 5.74) is 2.95. The number of nitrogens with one attached hydrogen (secondary N) is 1. The molecule has 1 atom stereocenters. The number of amides is 1. The molecule has 0 aliphatic carbocycles. The highest BCUT2D eigenvalue weighted by atomic mass is 16.5. The molecule has 7 heteroatoms. The molecule has 144 valence electrons. The second-order valence-electron chi connectivity index (χ2n) is 6.54. The monoisotopic (exact) mass is 379 g/mol. The largest absolute Gasteiger partial charge is 0.464 e. The Bertz CT molecular complexity index is 955. The smallest absolute Gasteiger partial charge is 0.338 e. The van der Waals surface area contributed by atoms with Crippen LogP contribution in [0.4, 0.5) is 11.4 Å². The number of anilines is 2. The lowest BCUT2D eigenvalue weighted by atomic mass is 9.95. The standard InChI is InChI=1S/C21H21N3O4/c1-4-28-20(27)21(3)18(23-22-15-10-8-9-14(2)13-15)17(25)19(26)24(21)16-11-6-5-7-12-16/h5-13,22H,4H2,1-3H3/b23-18-. The maximum atomic E-state index is 12.8. The molecular weight excluding hydrogens is 358 g/mol. The van der Waals surface area contributed by atoms with Crippen molar-refractivity contribution in [2.24, 2.45) is 5.10 Å². The van der Waals surface area contributed by atoms with Crippen LogP contribution in [0.5, 0.6) is 0 Å². The number of rotatable bonds is 5. The number of esters is 1. The minimum absolute atomic E-state index is 0.109. The summed E-state index contributed by atoms with van der Waals surface area (Å²) in [6.45, 7) is 5.16. The van der Waals surface area contributed by atoms with Gasteiger partial charge in [0, 0.05) is 5.69 Å². The normalized spacial score (nSPS) is 20.5. The first kappa shape index (κ1) is 19.3. The molecule has 3 rings (SSSR count). The maximum absolute atomic E-state index is 12.8. The maximum Gasteiger partial charge on any atom is 0.338 e. The SMILES string of the molecule is CCOC(=O)C1(C)/C(=N\Nc2cccc(C)c2)C(=O)C(=O)N1c1ccccc1. The lowest BCUT2D eigenvalue weighted by Gasteiger charge is -2.31. The Morgan fingerprint density at radius 2 is 1.86 bits per heavy atom. The van der Waals surface area contributed by atoms with Crippen LogP contribution in [0, 0.1) is 6.92 Å². The number of ether oxygens (including phenoxy) is 1. The zero-order valence-electron chi connectivity index (χ0n) is 15.9. The van der Waals surface area contributed by atoms with Crippen molar-refractivity contribution in [3.05, 3.63) is 60.2 Å². The Kier molecular flexibility index (Phi) is 5.26. The number of hydrogen-bond donors (Lipinski definition) is 1. The van der Waals surface area contributed by atoms with Crippen LogP contribution < -0.4 is 10.3 Å². The molecule has 1 saturated heterocycles. The molecule has 0 aromatic heterocycles. The van der Waals surface area contributed by atoms with Crippen molar-refractivity contribution in [1.82, 2.24) is 0 Å². The van der Waals surface area contributed by atoms with Crippen LogP contribution >= 0.6 is 0 Å². The second kappa shape index (κ2) is 7.64. The third-order valence-corrected chi connectivity index (χ3v) is 4.52. The average Bonchev–Trinajstić information content (AvgIpc) is 2.88. The number of carbonyl (C=O) groups is 3. The summed E-state index contributed by atoms with van der Waals surface area (Å²) < 4.78 is 5.18. The molecule has 1 N–H and O–H groups in total. The number of ketones is 1. The van der Waals surface area contributed by atoms with Gasteiger partial charge in [0.1, 0.15) is 0 Å². The number of para-hydroxylation sites is 1. The van der Waals surface area contributed by atoms with Gasteiger partial charge in [-0.05, 0) is 50.6 Å². The fourth-order valence-electron chi connectivity index (χ4n) is 3.14. The van der Waals surface area contributed by atoms with Crippen LogP contribution in [0.3, 0.4) is 0 Å². The van der Waals surface area contributed by atoms with E-state index >= 15 is 0 Å². The lowest BCUT2D eigenvalue weighted by Crippen LogP contribution is -2.55. The van der Waals surface area contributed by atoms with E-state index in [1.807, 2.05) is 25.1 Å². The number of aryl methyl sites for hydroxylation is 1. The topological polar surface area (TPSA) is 88.1 Å². The third kappa shape index (κ3) is 3.26. The molecule has 2 aromatic rings. The molecule has 0 spiro atoms. The molecule has 28 heavy (non-hydrogen) atoms. The zero-order chi connectivity index (χ0) is 20.3. The number of benzene rings is 2. The van der Waals surface area contributed by atoms with Crippen molar-refractivity contribution in [2.45, 2.75) is 26.3 Å². The van der Waals surface area contributed by atoms with Gasteiger partial charge < -0.3 is 4.74 Å². The van der Waals surface area contributed by atoms with Gasteiger partial charge in [-0.1, -0.05) is 30.3 Å². The number of carbonyl (C=O) groups excluding carboxylic acids is 3. The van der Waals surface area contributed by atoms with E-state index in [1.54, 1.807) is 43.3 Å². The molecule has 1 amide bonds. The highest BCUT2D eigenvalue weighted by Gasteiger charge is 2.60. The molecule has 0 radical (unpaired) electrons. The van der Waals surface area contributed by atoms with E-state index in [9.17, 15) is 14.4 Å². The molecule has 2 aromatic carbocycles. The fourth-order valence-corrected chi connectivity index (χ4v) is 3.14. The van der Waals surface area contributed by atoms with Gasteiger partial charge in [-0.2, -0.15) is 5.10 Å². The van der Waals surface area contributed by atoms with Crippen LogP contribution in [0.25, 0.3) is 0 Å². The van der Waals surface area contributed by atoms with Crippen LogP contribution in [-0.2, 0) is 19.1 Å². The highest BCUT2D eigenvalue weighted by Crippen LogP contribution is 2.33. The van der Waals surface area contributed by atoms with Crippen molar-refractivity contribution < 1.29 is 19.1 Å². The summed E-state index contributed by atoms with van der Waals surface area (Å²) in [6, 6.07) is 15.9. The van der Waals surface area contributed by atoms with Crippen molar-refractivity contribution in [1.29, 1.82) is 0 Å². The van der Waals surface area contributed by atoms with Crippen LogP contribution in [-0.4, -0.2) is 35.5 Å². The van der Waals surface area contributed by atoms with E-state index in [1.165, 1.54) is 6.92 Å². The van der Waals surface area contributed by atoms with Crippen molar-refractivity contribution in [3.8, 4) is 0 Å². The van der Waals surface area contributed by atoms with E-state index in [0.717, 1.165) is 10.5 Å². The summed E-state index contributed by atoms with van der Waals surface area (Å²) in [5, 5.41) is 4.15. The minimum atomic E-state index is -1.68. The van der Waals surface area contributed by atoms with Crippen molar-refractivity contribution >= 4 is 34.7 Å². The predicted molar refractivity (Wildman–Crippen MR) is 106 cm³/mol. The van der Waals surface area contributed by atoms with Gasteiger partial charge in [-0.3, -0.25) is 19.9 Å². The van der Waals surface area contributed by atoms with Crippen molar-refractivity contribution in [2.75, 3.05) is 16.9 Å². The van der Waals surface area contributed by atoms with Gasteiger partial charge in [-0.15, -0.1) is 0 Å². The van der Waals surface area contributed by atoms with Crippen LogP contribution in [0.15, 0.2) is 59.7 Å². The minimum Gasteiger partial charge on any atom is -0.464 e.